The maximum Gasteiger partial charge on any atom is 0.355 e. The molecule has 18 heteroatoms. The summed E-state index contributed by atoms with van der Waals surface area (Å²) >= 11 is 1.43. The van der Waals surface area contributed by atoms with E-state index in [1.807, 2.05) is 78.6 Å². The molecule has 4 saturated carbocycles. The van der Waals surface area contributed by atoms with Gasteiger partial charge in [-0.2, -0.15) is 5.10 Å². The summed E-state index contributed by atoms with van der Waals surface area (Å²) < 4.78 is 21.3. The van der Waals surface area contributed by atoms with Crippen molar-refractivity contribution in [2.24, 2.45) is 16.2 Å². The number of fused-ring (bicyclic) bond motifs is 2. The van der Waals surface area contributed by atoms with Gasteiger partial charge in [0.2, 0.25) is 6.29 Å². The minimum atomic E-state index is -1.51. The summed E-state index contributed by atoms with van der Waals surface area (Å²) in [6.45, 7) is 9.86. The highest BCUT2D eigenvalue weighted by Crippen LogP contribution is 2.72. The Hall–Kier alpha value is -5.83. The van der Waals surface area contributed by atoms with Crippen LogP contribution >= 0.6 is 11.3 Å². The van der Waals surface area contributed by atoms with Gasteiger partial charge in [-0.1, -0.05) is 61.6 Å². The molecule has 384 valence electrons. The molecule has 4 bridgehead atoms. The van der Waals surface area contributed by atoms with Crippen molar-refractivity contribution >= 4 is 44.4 Å². The van der Waals surface area contributed by atoms with E-state index in [-0.39, 0.29) is 33.4 Å². The summed E-state index contributed by atoms with van der Waals surface area (Å²) in [6.07, 6.45) is 1.97. The van der Waals surface area contributed by atoms with Crippen molar-refractivity contribution < 1.29 is 49.3 Å². The number of carboxylic acids is 1. The molecule has 7 N–H and O–H groups in total. The van der Waals surface area contributed by atoms with E-state index in [0.29, 0.717) is 73.6 Å². The second kappa shape index (κ2) is 19.1. The number of amides is 1. The van der Waals surface area contributed by atoms with Crippen LogP contribution in [-0.2, 0) is 35.5 Å². The normalized spacial score (nSPS) is 29.4. The smallest absolute Gasteiger partial charge is 0.355 e. The lowest BCUT2D eigenvalue weighted by atomic mass is 9.39. The van der Waals surface area contributed by atoms with E-state index in [9.17, 15) is 35.1 Å². The first-order valence-corrected chi connectivity index (χ1v) is 26.0. The van der Waals surface area contributed by atoms with Crippen molar-refractivity contribution in [3.8, 4) is 16.9 Å². The lowest BCUT2D eigenvalue weighted by Crippen LogP contribution is -2.64. The Morgan fingerprint density at radius 1 is 0.877 bits per heavy atom. The molecule has 5 fully saturated rings. The van der Waals surface area contributed by atoms with E-state index in [2.05, 4.69) is 34.1 Å². The van der Waals surface area contributed by atoms with Crippen LogP contribution in [0.1, 0.15) is 95.6 Å². The minimum Gasteiger partial charge on any atom is -0.476 e. The van der Waals surface area contributed by atoms with E-state index in [0.717, 1.165) is 76.7 Å². The second-order valence-corrected chi connectivity index (χ2v) is 23.1. The maximum absolute atomic E-state index is 13.7. The predicted molar refractivity (Wildman–Crippen MR) is 273 cm³/mol. The van der Waals surface area contributed by atoms with E-state index in [1.165, 1.54) is 11.3 Å². The molecule has 17 nitrogen and oxygen atoms in total. The first-order valence-electron chi connectivity index (χ1n) is 25.2. The zero-order valence-electron chi connectivity index (χ0n) is 41.3. The van der Waals surface area contributed by atoms with Crippen molar-refractivity contribution in [3.05, 3.63) is 119 Å². The highest BCUT2D eigenvalue weighted by molar-refractivity contribution is 7.22. The number of pyridine rings is 1. The Labute approximate surface area is 427 Å². The van der Waals surface area contributed by atoms with Crippen LogP contribution in [0.5, 0.6) is 5.75 Å². The summed E-state index contributed by atoms with van der Waals surface area (Å²) in [7, 11) is 0. The molecule has 7 atom stereocenters. The van der Waals surface area contributed by atoms with Crippen LogP contribution in [-0.4, -0.2) is 120 Å². The fourth-order valence-corrected chi connectivity index (χ4v) is 14.8. The van der Waals surface area contributed by atoms with Gasteiger partial charge >= 0.3 is 5.97 Å². The van der Waals surface area contributed by atoms with Crippen molar-refractivity contribution in [2.75, 3.05) is 36.5 Å². The van der Waals surface area contributed by atoms with Gasteiger partial charge in [-0.15, -0.1) is 0 Å². The number of nitrogens with zero attached hydrogens (tertiary/aromatic N) is 5. The molecule has 2 aliphatic heterocycles. The number of carboxylic acid groups (broad SMARTS) is 1. The van der Waals surface area contributed by atoms with E-state index >= 15 is 0 Å². The van der Waals surface area contributed by atoms with Crippen LogP contribution < -0.4 is 20.3 Å². The first-order chi connectivity index (χ1) is 35.0. The molecule has 6 aliphatic rings. The number of hydrogen-bond acceptors (Lipinski definition) is 15. The van der Waals surface area contributed by atoms with Gasteiger partial charge in [-0.3, -0.25) is 14.8 Å². The molecule has 3 aromatic heterocycles. The van der Waals surface area contributed by atoms with Gasteiger partial charge in [0.25, 0.3) is 5.91 Å². The number of carbonyl (C=O) groups excluding carboxylic acids is 1. The summed E-state index contributed by atoms with van der Waals surface area (Å²) in [5.74, 6) is -0.414. The van der Waals surface area contributed by atoms with E-state index < -0.39 is 43.3 Å². The molecule has 73 heavy (non-hydrogen) atoms. The Morgan fingerprint density at radius 2 is 1.66 bits per heavy atom. The predicted octanol–water partition coefficient (Wildman–Crippen LogP) is 6.48. The third-order valence-corrected chi connectivity index (χ3v) is 17.0. The highest BCUT2D eigenvalue weighted by Gasteiger charge is 2.66. The number of nitrogens with one attached hydrogen (secondary N) is 2. The molecular weight excluding hydrogens is 951 g/mol. The van der Waals surface area contributed by atoms with E-state index in [1.54, 1.807) is 18.3 Å². The van der Waals surface area contributed by atoms with Gasteiger partial charge < -0.3 is 50.0 Å². The van der Waals surface area contributed by atoms with Crippen LogP contribution in [0, 0.1) is 23.2 Å². The number of hydrogen-bond donors (Lipinski definition) is 7. The Kier molecular flexibility index (Phi) is 12.9. The number of aromatic nitrogens is 4. The van der Waals surface area contributed by atoms with Gasteiger partial charge in [-0.05, 0) is 127 Å². The quantitative estimate of drug-likeness (QED) is 0.0514. The second-order valence-electron chi connectivity index (χ2n) is 22.1. The lowest BCUT2D eigenvalue weighted by molar-refractivity contribution is -0.277. The van der Waals surface area contributed by atoms with Crippen molar-refractivity contribution in [2.45, 2.75) is 122 Å². The lowest BCUT2D eigenvalue weighted by Gasteiger charge is -2.69. The standard InChI is InChI=1S/C55H63N7O10S/c1-32-38(36-15-16-43(59-44(36)49(68)69)61-19-17-34-7-6-8-37(39(34)23-61)48(67)60-51-58-40-9-4-5-10-42(40)73-51)22-57-62(32)31-54-26-52(2)25-53(3,27-54)29-55(28-52,30-54)70-20-18-56-21-33-11-13-35(14-12-33)71-50-47(66)46(65)45(64)41(24-63)72-50/h4-16,22,41,45-47,50,56,63-66H,17-21,23-31H2,1-3H3,(H,68,69)(H,58,60,67)/t41-,45-,46+,47-,50-,52?,53?,54?,55?/m1/s1. The molecule has 0 spiro atoms. The molecule has 1 amide bonds. The number of rotatable bonds is 16. The summed E-state index contributed by atoms with van der Waals surface area (Å²) in [5, 5.41) is 62.7. The third kappa shape index (κ3) is 9.63. The van der Waals surface area contributed by atoms with Gasteiger partial charge in [-0.25, -0.2) is 14.8 Å². The number of carbonyl (C=O) groups is 2. The number of thiazole rings is 1. The molecule has 6 aromatic rings. The highest BCUT2D eigenvalue weighted by atomic mass is 32.1. The number of aromatic carboxylic acids is 1. The molecule has 4 aliphatic carbocycles. The number of anilines is 2. The fourth-order valence-electron chi connectivity index (χ4n) is 14.0. The number of ether oxygens (including phenoxy) is 3. The SMILES string of the molecule is Cc1c(-c2ccc(N3CCc4cccc(C(=O)Nc5nc6ccccc6s5)c4C3)nc2C(=O)O)cnn1CC12CC3(C)CC(C)(C1)CC(OCCNCc1ccc(O[C@@H]4O[C@H](CO)[C@@H](O)[C@H](O)[C@H]4O)cc1)(C3)C2. The zero-order valence-corrected chi connectivity index (χ0v) is 42.1. The molecule has 2 unspecified atom stereocenters. The molecule has 0 radical (unpaired) electrons. The first kappa shape index (κ1) is 49.4. The van der Waals surface area contributed by atoms with Crippen molar-refractivity contribution in [1.29, 1.82) is 0 Å². The van der Waals surface area contributed by atoms with Crippen molar-refractivity contribution in [3.63, 3.8) is 0 Å². The number of aliphatic hydroxyl groups excluding tert-OH is 4. The number of aliphatic hydroxyl groups is 4. The zero-order chi connectivity index (χ0) is 50.9. The average Bonchev–Trinajstić information content (AvgIpc) is 3.93. The van der Waals surface area contributed by atoms with Crippen LogP contribution in [0.3, 0.4) is 0 Å². The Balaban J connectivity index is 0.737. The van der Waals surface area contributed by atoms with Gasteiger partial charge in [0.1, 0.15) is 36.0 Å². The summed E-state index contributed by atoms with van der Waals surface area (Å²) in [4.78, 5) is 38.2. The average molecular weight is 1010 g/mol. The third-order valence-electron chi connectivity index (χ3n) is 16.0. The topological polar surface area (TPSA) is 234 Å². The molecule has 12 rings (SSSR count). The van der Waals surface area contributed by atoms with E-state index in [4.69, 9.17) is 24.3 Å². The van der Waals surface area contributed by atoms with Gasteiger partial charge in [0, 0.05) is 55.1 Å². The molecule has 1 saturated heterocycles. The molecular formula is C55H63N7O10S. The number of para-hydroxylation sites is 1. The minimum absolute atomic E-state index is 0.0403. The number of benzene rings is 3. The van der Waals surface area contributed by atoms with Crippen LogP contribution in [0.25, 0.3) is 21.3 Å². The molecule has 5 heterocycles. The Bertz CT molecular complexity index is 3000. The van der Waals surface area contributed by atoms with Gasteiger partial charge in [0.15, 0.2) is 10.8 Å². The van der Waals surface area contributed by atoms with Crippen molar-refractivity contribution in [1.82, 2.24) is 25.1 Å². The largest absolute Gasteiger partial charge is 0.476 e. The Morgan fingerprint density at radius 3 is 2.41 bits per heavy atom. The molecule has 3 aromatic carbocycles. The van der Waals surface area contributed by atoms with Crippen LogP contribution in [0.4, 0.5) is 10.9 Å². The summed E-state index contributed by atoms with van der Waals surface area (Å²) in [6, 6.07) is 24.6. The van der Waals surface area contributed by atoms with Crippen LogP contribution in [0.2, 0.25) is 0 Å². The fraction of sp³-hybridized carbons (Fsp3) is 0.473. The van der Waals surface area contributed by atoms with Gasteiger partial charge in [0.05, 0.1) is 35.2 Å². The monoisotopic (exact) mass is 1010 g/mol. The summed E-state index contributed by atoms with van der Waals surface area (Å²) in [5.41, 5.74) is 6.39. The van der Waals surface area contributed by atoms with Crippen LogP contribution in [0.15, 0.2) is 85.1 Å². The maximum atomic E-state index is 13.7.